The van der Waals surface area contributed by atoms with E-state index in [4.69, 9.17) is 9.47 Å². The van der Waals surface area contributed by atoms with Crippen LogP contribution in [0.15, 0.2) is 0 Å². The second kappa shape index (κ2) is 7.58. The van der Waals surface area contributed by atoms with E-state index in [1.165, 1.54) is 25.6 Å². The van der Waals surface area contributed by atoms with Gasteiger partial charge in [0.2, 0.25) is 0 Å². The van der Waals surface area contributed by atoms with Crippen molar-refractivity contribution in [2.75, 3.05) is 32.6 Å². The Hall–Kier alpha value is -1.51. The number of ether oxygens (including phenoxy) is 2. The number of hydrogen-bond acceptors (Lipinski definition) is 6. The monoisotopic (exact) mass is 355 g/mol. The molecule has 24 heavy (non-hydrogen) atoms. The van der Waals surface area contributed by atoms with Crippen molar-refractivity contribution in [3.63, 3.8) is 0 Å². The lowest BCUT2D eigenvalue weighted by Gasteiger charge is -2.26. The number of nitrogens with one attached hydrogen (secondary N) is 1. The molecular weight excluding hydrogens is 330 g/mol. The van der Waals surface area contributed by atoms with E-state index in [0.717, 1.165) is 12.1 Å². The lowest BCUT2D eigenvalue weighted by Crippen LogP contribution is -2.41. The normalized spacial score (nSPS) is 16.2. The molecule has 1 N–H and O–H groups in total. The minimum Gasteiger partial charge on any atom is -0.354 e. The zero-order valence-corrected chi connectivity index (χ0v) is 15.7. The Morgan fingerprint density at radius 2 is 2.04 bits per heavy atom. The van der Waals surface area contributed by atoms with Gasteiger partial charge in [-0.05, 0) is 18.8 Å². The highest BCUT2D eigenvalue weighted by molar-refractivity contribution is 7.17. The lowest BCUT2D eigenvalue weighted by molar-refractivity contribution is -0.110. The Labute approximate surface area is 146 Å². The maximum atomic E-state index is 12.4. The third-order valence-electron chi connectivity index (χ3n) is 4.01. The van der Waals surface area contributed by atoms with E-state index in [-0.39, 0.29) is 17.2 Å². The second-order valence-electron chi connectivity index (χ2n) is 6.61. The molecule has 0 bridgehead atoms. The van der Waals surface area contributed by atoms with Crippen LogP contribution in [-0.4, -0.2) is 55.3 Å². The first-order valence-corrected chi connectivity index (χ1v) is 8.75. The summed E-state index contributed by atoms with van der Waals surface area (Å²) in [6, 6.07) is -0.283. The van der Waals surface area contributed by atoms with E-state index in [0.29, 0.717) is 29.5 Å². The van der Waals surface area contributed by atoms with Gasteiger partial charge in [0.05, 0.1) is 17.1 Å². The number of aromatic nitrogens is 1. The molecule has 1 aliphatic rings. The smallest absolute Gasteiger partial charge is 0.323 e. The van der Waals surface area contributed by atoms with Gasteiger partial charge in [-0.25, -0.2) is 9.78 Å². The maximum Gasteiger partial charge on any atom is 0.323 e. The fraction of sp³-hybridized carbons (Fsp3) is 0.688. The number of likely N-dealkylation sites (N-methyl/N-ethyl adjacent to an activating group) is 1. The van der Waals surface area contributed by atoms with Crippen LogP contribution in [0.2, 0.25) is 0 Å². The van der Waals surface area contributed by atoms with E-state index >= 15 is 0 Å². The maximum absolute atomic E-state index is 12.4. The number of carbonyl (C=O) groups excluding carboxylic acids is 2. The molecule has 0 fully saturated rings. The van der Waals surface area contributed by atoms with Crippen LogP contribution in [0.25, 0.3) is 0 Å². The molecule has 2 rings (SSSR count). The van der Waals surface area contributed by atoms with Crippen LogP contribution in [0.1, 0.15) is 42.6 Å². The number of nitrogens with zero attached hydrogens (tertiary/aromatic N) is 2. The number of methoxy groups -OCH3 is 2. The molecule has 1 heterocycles. The lowest BCUT2D eigenvalue weighted by atomic mass is 9.78. The summed E-state index contributed by atoms with van der Waals surface area (Å²) < 4.78 is 10.3. The van der Waals surface area contributed by atoms with Crippen molar-refractivity contribution in [2.24, 2.45) is 5.41 Å². The fourth-order valence-electron chi connectivity index (χ4n) is 2.72. The van der Waals surface area contributed by atoms with Gasteiger partial charge in [0.25, 0.3) is 0 Å². The fourth-order valence-corrected chi connectivity index (χ4v) is 3.63. The van der Waals surface area contributed by atoms with Gasteiger partial charge in [0.15, 0.2) is 17.2 Å². The largest absolute Gasteiger partial charge is 0.354 e. The molecular formula is C16H25N3O4S. The topological polar surface area (TPSA) is 80.8 Å². The first kappa shape index (κ1) is 18.8. The number of fused-ring (bicyclic) bond motifs is 1. The number of carbonyl (C=O) groups is 2. The minimum absolute atomic E-state index is 0.0843. The van der Waals surface area contributed by atoms with Crippen molar-refractivity contribution < 1.29 is 19.1 Å². The number of amides is 2. The first-order valence-electron chi connectivity index (χ1n) is 7.94. The van der Waals surface area contributed by atoms with E-state index in [9.17, 15) is 9.59 Å². The van der Waals surface area contributed by atoms with Crippen LogP contribution in [0.3, 0.4) is 0 Å². The van der Waals surface area contributed by atoms with Crippen LogP contribution in [0.5, 0.6) is 0 Å². The second-order valence-corrected chi connectivity index (χ2v) is 7.60. The number of urea groups is 1. The first-order chi connectivity index (χ1) is 11.3. The highest BCUT2D eigenvalue weighted by atomic mass is 32.1. The van der Waals surface area contributed by atoms with Crippen LogP contribution in [0, 0.1) is 5.41 Å². The Morgan fingerprint density at radius 1 is 1.38 bits per heavy atom. The molecule has 0 saturated heterocycles. The highest BCUT2D eigenvalue weighted by Crippen LogP contribution is 2.38. The highest BCUT2D eigenvalue weighted by Gasteiger charge is 2.34. The number of Topliss-reactive ketones (excluding diaryl/α,β-unsaturated/α-hetero) is 1. The van der Waals surface area contributed by atoms with Crippen molar-refractivity contribution in [1.29, 1.82) is 0 Å². The third kappa shape index (κ3) is 4.31. The number of rotatable bonds is 6. The van der Waals surface area contributed by atoms with Crippen LogP contribution < -0.4 is 5.32 Å². The SMILES string of the molecule is CCN(CC(OC)OC)C(=O)Nc1nc2c(s1)C(=O)CC(C)(C)C2. The van der Waals surface area contributed by atoms with E-state index in [1.54, 1.807) is 4.90 Å². The molecule has 0 unspecified atom stereocenters. The molecule has 0 aromatic carbocycles. The van der Waals surface area contributed by atoms with Crippen LogP contribution in [-0.2, 0) is 15.9 Å². The Bertz CT molecular complexity index is 610. The van der Waals surface area contributed by atoms with E-state index in [1.807, 2.05) is 6.92 Å². The molecule has 8 heteroatoms. The molecule has 0 saturated carbocycles. The Morgan fingerprint density at radius 3 is 2.62 bits per heavy atom. The van der Waals surface area contributed by atoms with Gasteiger partial charge in [0, 0.05) is 27.2 Å². The molecule has 1 aliphatic carbocycles. The third-order valence-corrected chi connectivity index (χ3v) is 5.07. The Kier molecular flexibility index (Phi) is 5.95. The van der Waals surface area contributed by atoms with Gasteiger partial charge >= 0.3 is 6.03 Å². The van der Waals surface area contributed by atoms with Crippen molar-refractivity contribution in [3.05, 3.63) is 10.6 Å². The predicted octanol–water partition coefficient (Wildman–Crippen LogP) is 2.77. The van der Waals surface area contributed by atoms with Crippen LogP contribution in [0.4, 0.5) is 9.93 Å². The number of hydrogen-bond donors (Lipinski definition) is 1. The quantitative estimate of drug-likeness (QED) is 0.794. The molecule has 0 spiro atoms. The molecule has 1 aromatic rings. The van der Waals surface area contributed by atoms with Gasteiger partial charge in [-0.15, -0.1) is 0 Å². The summed E-state index contributed by atoms with van der Waals surface area (Å²) in [5.74, 6) is 0.102. The summed E-state index contributed by atoms with van der Waals surface area (Å²) in [6.07, 6.45) is 0.774. The minimum atomic E-state index is -0.484. The summed E-state index contributed by atoms with van der Waals surface area (Å²) in [7, 11) is 3.06. The number of thiazole rings is 1. The molecule has 2 amide bonds. The van der Waals surface area contributed by atoms with Crippen molar-refractivity contribution in [3.8, 4) is 0 Å². The Balaban J connectivity index is 2.08. The van der Waals surface area contributed by atoms with Gasteiger partial charge in [-0.2, -0.15) is 0 Å². The zero-order chi connectivity index (χ0) is 17.9. The van der Waals surface area contributed by atoms with Gasteiger partial charge in [0.1, 0.15) is 0 Å². The van der Waals surface area contributed by atoms with Crippen LogP contribution >= 0.6 is 11.3 Å². The number of anilines is 1. The molecule has 0 atom stereocenters. The van der Waals surface area contributed by atoms with Gasteiger partial charge in [-0.3, -0.25) is 10.1 Å². The molecule has 134 valence electrons. The molecule has 1 aromatic heterocycles. The molecule has 0 radical (unpaired) electrons. The van der Waals surface area contributed by atoms with Crippen molar-refractivity contribution >= 4 is 28.3 Å². The average molecular weight is 355 g/mol. The van der Waals surface area contributed by atoms with E-state index < -0.39 is 6.29 Å². The zero-order valence-electron chi connectivity index (χ0n) is 14.8. The summed E-state index contributed by atoms with van der Waals surface area (Å²) in [5.41, 5.74) is 0.699. The predicted molar refractivity (Wildman–Crippen MR) is 92.6 cm³/mol. The van der Waals surface area contributed by atoms with Crippen molar-refractivity contribution in [2.45, 2.75) is 39.9 Å². The van der Waals surface area contributed by atoms with Gasteiger partial charge in [-0.1, -0.05) is 25.2 Å². The number of ketones is 1. The molecule has 7 nitrogen and oxygen atoms in total. The summed E-state index contributed by atoms with van der Waals surface area (Å²) >= 11 is 1.25. The average Bonchev–Trinajstić information content (AvgIpc) is 2.89. The standard InChI is InChI=1S/C16H25N3O4S/c1-6-19(9-12(22-4)23-5)15(21)18-14-17-10-7-16(2,3)8-11(20)13(10)24-14/h12H,6-9H2,1-5H3,(H,17,18,21). The molecule has 0 aliphatic heterocycles. The summed E-state index contributed by atoms with van der Waals surface area (Å²) in [5, 5.41) is 3.24. The van der Waals surface area contributed by atoms with E-state index in [2.05, 4.69) is 24.1 Å². The van der Waals surface area contributed by atoms with Crippen molar-refractivity contribution in [1.82, 2.24) is 9.88 Å². The summed E-state index contributed by atoms with van der Waals surface area (Å²) in [6.45, 7) is 6.80. The van der Waals surface area contributed by atoms with Gasteiger partial charge < -0.3 is 14.4 Å². The summed E-state index contributed by atoms with van der Waals surface area (Å²) in [4.78, 5) is 31.3.